The van der Waals surface area contributed by atoms with Crippen LogP contribution >= 0.6 is 0 Å². The molecule has 5 aromatic rings. The molecule has 2 nitrogen and oxygen atoms in total. The van der Waals surface area contributed by atoms with E-state index in [1.807, 2.05) is 0 Å². The highest BCUT2D eigenvalue weighted by Gasteiger charge is 2.33. The molecule has 1 aromatic heterocycles. The largest absolute Gasteiger partial charge is 0.455 e. The maximum Gasteiger partial charge on any atom is 0.228 e. The number of hydrogen-bond acceptors (Lipinski definition) is 1. The Morgan fingerprint density at radius 1 is 0.865 bits per heavy atom. The number of aromatic nitrogens is 1. The van der Waals surface area contributed by atoms with Gasteiger partial charge in [-0.15, -0.1) is 0 Å². The van der Waals surface area contributed by atoms with E-state index in [-0.39, 0.29) is 5.41 Å². The minimum atomic E-state index is 0.248. The first-order valence-electron chi connectivity index (χ1n) is 13.6. The van der Waals surface area contributed by atoms with Crippen molar-refractivity contribution in [1.29, 1.82) is 0 Å². The average molecular weight is 489 g/mol. The Hall–Kier alpha value is -3.39. The maximum atomic E-state index is 6.96. The Morgan fingerprint density at radius 2 is 1.65 bits per heavy atom. The number of benzene rings is 4. The standard InChI is InChI=1S/C35H38NO/c1-20(2)15-29-25-12-9-21(3)16-27(25)22(4)31-33-32-26(13-14-36(33)8)28-17-23(19-35(5,6)7)10-11-24(28)18-30(32)37-34(29)31/h9-14,16-18,20H,15,19H2,1-8H3/q+1. The van der Waals surface area contributed by atoms with Gasteiger partial charge in [0.1, 0.15) is 18.5 Å². The summed E-state index contributed by atoms with van der Waals surface area (Å²) in [5.74, 6) is 2.55. The van der Waals surface area contributed by atoms with Gasteiger partial charge in [0, 0.05) is 17.0 Å². The summed E-state index contributed by atoms with van der Waals surface area (Å²) in [6.07, 6.45) is 4.28. The zero-order valence-electron chi connectivity index (χ0n) is 23.5. The van der Waals surface area contributed by atoms with Crippen LogP contribution in [0.4, 0.5) is 0 Å². The topological polar surface area (TPSA) is 13.1 Å². The van der Waals surface area contributed by atoms with Crippen LogP contribution < -0.4 is 9.30 Å². The highest BCUT2D eigenvalue weighted by atomic mass is 16.5. The van der Waals surface area contributed by atoms with Gasteiger partial charge >= 0.3 is 0 Å². The van der Waals surface area contributed by atoms with Crippen molar-refractivity contribution in [3.63, 3.8) is 0 Å². The lowest BCUT2D eigenvalue weighted by Gasteiger charge is -2.26. The summed E-state index contributed by atoms with van der Waals surface area (Å²) in [4.78, 5) is 0. The molecule has 1 aliphatic heterocycles. The first kappa shape index (κ1) is 24.0. The van der Waals surface area contributed by atoms with E-state index in [0.717, 1.165) is 24.3 Å². The van der Waals surface area contributed by atoms with E-state index < -0.39 is 0 Å². The first-order valence-corrected chi connectivity index (χ1v) is 13.6. The normalized spacial score (nSPS) is 13.0. The van der Waals surface area contributed by atoms with Crippen molar-refractivity contribution in [2.24, 2.45) is 18.4 Å². The van der Waals surface area contributed by atoms with Crippen molar-refractivity contribution >= 4 is 32.3 Å². The third-order valence-electron chi connectivity index (χ3n) is 7.84. The van der Waals surface area contributed by atoms with Crippen LogP contribution in [0.3, 0.4) is 0 Å². The number of ether oxygens (including phenoxy) is 1. The molecule has 0 radical (unpaired) electrons. The van der Waals surface area contributed by atoms with Crippen molar-refractivity contribution < 1.29 is 9.30 Å². The molecular weight excluding hydrogens is 450 g/mol. The summed E-state index contributed by atoms with van der Waals surface area (Å²) in [6.45, 7) is 16.0. The van der Waals surface area contributed by atoms with E-state index in [1.54, 1.807) is 0 Å². The third-order valence-corrected chi connectivity index (χ3v) is 7.84. The molecule has 0 atom stereocenters. The van der Waals surface area contributed by atoms with Gasteiger partial charge in [-0.3, -0.25) is 0 Å². The molecule has 0 bridgehead atoms. The molecule has 188 valence electrons. The van der Waals surface area contributed by atoms with Crippen LogP contribution in [0.2, 0.25) is 0 Å². The Morgan fingerprint density at radius 3 is 2.38 bits per heavy atom. The van der Waals surface area contributed by atoms with Crippen LogP contribution in [0.15, 0.2) is 54.7 Å². The van der Waals surface area contributed by atoms with Crippen LogP contribution in [0.1, 0.15) is 56.9 Å². The summed E-state index contributed by atoms with van der Waals surface area (Å²) in [5, 5.41) is 7.71. The quantitative estimate of drug-likeness (QED) is 0.179. The number of hydrogen-bond donors (Lipinski definition) is 0. The Kier molecular flexibility index (Phi) is 5.39. The predicted octanol–water partition coefficient (Wildman–Crippen LogP) is 9.15. The molecule has 0 amide bonds. The molecule has 0 unspecified atom stereocenters. The van der Waals surface area contributed by atoms with Gasteiger partial charge in [0.2, 0.25) is 5.69 Å². The van der Waals surface area contributed by atoms with E-state index in [2.05, 4.69) is 115 Å². The molecule has 1 aliphatic rings. The molecule has 6 rings (SSSR count). The molecule has 4 aromatic carbocycles. The van der Waals surface area contributed by atoms with Crippen LogP contribution in [0, 0.1) is 25.2 Å². The highest BCUT2D eigenvalue weighted by molar-refractivity contribution is 6.16. The van der Waals surface area contributed by atoms with E-state index in [9.17, 15) is 0 Å². The van der Waals surface area contributed by atoms with Crippen molar-refractivity contribution in [3.8, 4) is 22.8 Å². The van der Waals surface area contributed by atoms with E-state index in [0.29, 0.717) is 5.92 Å². The van der Waals surface area contributed by atoms with Gasteiger partial charge in [-0.1, -0.05) is 76.6 Å². The fraction of sp³-hybridized carbons (Fsp3) is 0.343. The Labute approximate surface area is 220 Å². The van der Waals surface area contributed by atoms with Crippen molar-refractivity contribution in [3.05, 3.63) is 77.0 Å². The summed E-state index contributed by atoms with van der Waals surface area (Å²) in [6, 6.07) is 18.4. The second-order valence-electron chi connectivity index (χ2n) is 12.8. The zero-order chi connectivity index (χ0) is 26.2. The number of aryl methyl sites for hydroxylation is 3. The molecule has 0 saturated heterocycles. The third kappa shape index (κ3) is 3.89. The molecule has 0 saturated carbocycles. The molecule has 0 spiro atoms. The number of rotatable bonds is 3. The minimum Gasteiger partial charge on any atom is -0.455 e. The van der Waals surface area contributed by atoms with Crippen molar-refractivity contribution in [1.82, 2.24) is 0 Å². The average Bonchev–Trinajstić information content (AvgIpc) is 2.82. The van der Waals surface area contributed by atoms with Crippen LogP contribution in [-0.4, -0.2) is 0 Å². The number of fused-ring (bicyclic) bond motifs is 5. The molecule has 2 heteroatoms. The van der Waals surface area contributed by atoms with Gasteiger partial charge in [0.25, 0.3) is 0 Å². The molecule has 2 heterocycles. The maximum absolute atomic E-state index is 6.96. The van der Waals surface area contributed by atoms with Gasteiger partial charge in [-0.2, -0.15) is 0 Å². The number of nitrogens with zero attached hydrogens (tertiary/aromatic N) is 1. The first-order chi connectivity index (χ1) is 17.5. The molecule has 0 aliphatic carbocycles. The highest BCUT2D eigenvalue weighted by Crippen LogP contribution is 2.52. The van der Waals surface area contributed by atoms with Gasteiger partial charge < -0.3 is 4.74 Å². The molecule has 37 heavy (non-hydrogen) atoms. The van der Waals surface area contributed by atoms with Crippen LogP contribution in [0.5, 0.6) is 11.5 Å². The van der Waals surface area contributed by atoms with Crippen LogP contribution in [0.25, 0.3) is 43.6 Å². The SMILES string of the molecule is Cc1ccc2c(CC(C)C)c3c(c(C)c2c1)-c1c2c(cc4ccc(CC(C)(C)C)cc4c2cc[n+]1C)O3. The van der Waals surface area contributed by atoms with Crippen molar-refractivity contribution in [2.75, 3.05) is 0 Å². The van der Waals surface area contributed by atoms with Gasteiger partial charge in [0.05, 0.1) is 10.9 Å². The molecular formula is C35H38NO+. The van der Waals surface area contributed by atoms with Crippen molar-refractivity contribution in [2.45, 2.75) is 61.3 Å². The summed E-state index contributed by atoms with van der Waals surface area (Å²) in [5.41, 5.74) is 8.08. The summed E-state index contributed by atoms with van der Waals surface area (Å²) in [7, 11) is 2.18. The lowest BCUT2D eigenvalue weighted by Crippen LogP contribution is -2.32. The Balaban J connectivity index is 1.73. The molecule has 0 N–H and O–H groups in total. The number of pyridine rings is 1. The van der Waals surface area contributed by atoms with Gasteiger partial charge in [0.15, 0.2) is 6.20 Å². The fourth-order valence-electron chi connectivity index (χ4n) is 6.33. The van der Waals surface area contributed by atoms with Gasteiger partial charge in [-0.25, -0.2) is 4.57 Å². The Bertz CT molecular complexity index is 1730. The second-order valence-corrected chi connectivity index (χ2v) is 12.8. The monoisotopic (exact) mass is 488 g/mol. The second kappa shape index (κ2) is 8.31. The van der Waals surface area contributed by atoms with Crippen LogP contribution in [-0.2, 0) is 19.9 Å². The van der Waals surface area contributed by atoms with E-state index >= 15 is 0 Å². The van der Waals surface area contributed by atoms with Gasteiger partial charge in [-0.05, 0) is 76.8 Å². The predicted molar refractivity (Wildman–Crippen MR) is 157 cm³/mol. The lowest BCUT2D eigenvalue weighted by molar-refractivity contribution is -0.659. The minimum absolute atomic E-state index is 0.248. The fourth-order valence-corrected chi connectivity index (χ4v) is 6.33. The lowest BCUT2D eigenvalue weighted by atomic mass is 9.84. The zero-order valence-corrected chi connectivity index (χ0v) is 23.5. The van der Waals surface area contributed by atoms with E-state index in [1.165, 1.54) is 65.8 Å². The molecule has 0 fully saturated rings. The van der Waals surface area contributed by atoms with E-state index in [4.69, 9.17) is 4.74 Å². The summed E-state index contributed by atoms with van der Waals surface area (Å²) < 4.78 is 9.26. The summed E-state index contributed by atoms with van der Waals surface area (Å²) >= 11 is 0. The smallest absolute Gasteiger partial charge is 0.228 e.